The van der Waals surface area contributed by atoms with Crippen LogP contribution in [0.2, 0.25) is 0 Å². The summed E-state index contributed by atoms with van der Waals surface area (Å²) in [6.45, 7) is 3.09. The molecule has 2 atom stereocenters. The van der Waals surface area contributed by atoms with E-state index in [-0.39, 0.29) is 0 Å². The van der Waals surface area contributed by atoms with Gasteiger partial charge in [0.15, 0.2) is 0 Å². The molecule has 4 heteroatoms. The van der Waals surface area contributed by atoms with Crippen LogP contribution >= 0.6 is 0 Å². The predicted octanol–water partition coefficient (Wildman–Crippen LogP) is 2.69. The Morgan fingerprint density at radius 1 is 1.16 bits per heavy atom. The molecule has 0 aromatic carbocycles. The van der Waals surface area contributed by atoms with Crippen LogP contribution in [0.3, 0.4) is 0 Å². The highest BCUT2D eigenvalue weighted by Crippen LogP contribution is 2.27. The van der Waals surface area contributed by atoms with Crippen LogP contribution in [-0.4, -0.2) is 22.3 Å². The van der Waals surface area contributed by atoms with Crippen LogP contribution in [0.4, 0.5) is 0 Å². The molecule has 0 radical (unpaired) electrons. The highest BCUT2D eigenvalue weighted by atomic mass is 16.5. The normalized spacial score (nSPS) is 27.2. The van der Waals surface area contributed by atoms with Crippen LogP contribution in [0.5, 0.6) is 5.88 Å². The molecule has 0 amide bonds. The minimum Gasteiger partial charge on any atom is -0.473 e. The maximum absolute atomic E-state index is 5.97. The Bertz CT molecular complexity index is 402. The minimum atomic E-state index is 0.318. The van der Waals surface area contributed by atoms with Gasteiger partial charge in [-0.1, -0.05) is 13.3 Å². The first-order valence-electron chi connectivity index (χ1n) is 7.54. The lowest BCUT2D eigenvalue weighted by molar-refractivity contribution is 0.0964. The molecule has 3 rings (SSSR count). The van der Waals surface area contributed by atoms with Gasteiger partial charge in [-0.25, -0.2) is 0 Å². The van der Waals surface area contributed by atoms with E-state index in [0.29, 0.717) is 23.9 Å². The summed E-state index contributed by atoms with van der Waals surface area (Å²) in [5, 5.41) is 11.9. The Balaban J connectivity index is 1.52. The second-order valence-corrected chi connectivity index (χ2v) is 5.94. The Labute approximate surface area is 115 Å². The second-order valence-electron chi connectivity index (χ2n) is 5.94. The number of aromatic nitrogens is 2. The fourth-order valence-corrected chi connectivity index (χ4v) is 2.65. The molecule has 2 aliphatic rings. The standard InChI is InChI=1S/C15H23N3O/c1-11-4-2-3-5-14(11)19-15-9-8-13(17-18-15)10-16-12-6-7-12/h8-9,11-12,14,16H,2-7,10H2,1H3. The van der Waals surface area contributed by atoms with Gasteiger partial charge in [0.25, 0.3) is 0 Å². The first-order valence-corrected chi connectivity index (χ1v) is 7.54. The Morgan fingerprint density at radius 3 is 2.68 bits per heavy atom. The summed E-state index contributed by atoms with van der Waals surface area (Å²) in [7, 11) is 0. The van der Waals surface area contributed by atoms with Crippen molar-refractivity contribution in [3.8, 4) is 5.88 Å². The van der Waals surface area contributed by atoms with Crippen LogP contribution < -0.4 is 10.1 Å². The van der Waals surface area contributed by atoms with Gasteiger partial charge in [0.05, 0.1) is 5.69 Å². The molecule has 19 heavy (non-hydrogen) atoms. The lowest BCUT2D eigenvalue weighted by Crippen LogP contribution is -2.28. The van der Waals surface area contributed by atoms with Crippen molar-refractivity contribution in [1.29, 1.82) is 0 Å². The van der Waals surface area contributed by atoms with Gasteiger partial charge >= 0.3 is 0 Å². The number of nitrogens with one attached hydrogen (secondary N) is 1. The van der Waals surface area contributed by atoms with Crippen molar-refractivity contribution >= 4 is 0 Å². The predicted molar refractivity (Wildman–Crippen MR) is 73.9 cm³/mol. The van der Waals surface area contributed by atoms with Crippen LogP contribution in [0, 0.1) is 5.92 Å². The first-order chi connectivity index (χ1) is 9.31. The molecule has 0 bridgehead atoms. The number of hydrogen-bond donors (Lipinski definition) is 1. The van der Waals surface area contributed by atoms with Gasteiger partial charge in [0.2, 0.25) is 5.88 Å². The van der Waals surface area contributed by atoms with Gasteiger partial charge in [0.1, 0.15) is 6.10 Å². The van der Waals surface area contributed by atoms with Crippen molar-refractivity contribution in [2.75, 3.05) is 0 Å². The molecule has 1 heterocycles. The summed E-state index contributed by atoms with van der Waals surface area (Å²) in [6, 6.07) is 4.68. The second kappa shape index (κ2) is 5.87. The van der Waals surface area contributed by atoms with E-state index in [2.05, 4.69) is 22.4 Å². The lowest BCUT2D eigenvalue weighted by atomic mass is 9.88. The maximum atomic E-state index is 5.97. The largest absolute Gasteiger partial charge is 0.473 e. The summed E-state index contributed by atoms with van der Waals surface area (Å²) in [5.41, 5.74) is 0.996. The minimum absolute atomic E-state index is 0.318. The Morgan fingerprint density at radius 2 is 2.00 bits per heavy atom. The molecule has 4 nitrogen and oxygen atoms in total. The number of nitrogens with zero attached hydrogens (tertiary/aromatic N) is 2. The highest BCUT2D eigenvalue weighted by molar-refractivity contribution is 5.12. The SMILES string of the molecule is CC1CCCCC1Oc1ccc(CNC2CC2)nn1. The summed E-state index contributed by atoms with van der Waals surface area (Å²) in [4.78, 5) is 0. The zero-order valence-corrected chi connectivity index (χ0v) is 11.6. The molecule has 0 saturated heterocycles. The van der Waals surface area contributed by atoms with E-state index >= 15 is 0 Å². The van der Waals surface area contributed by atoms with Crippen molar-refractivity contribution in [2.45, 2.75) is 64.1 Å². The van der Waals surface area contributed by atoms with E-state index in [9.17, 15) is 0 Å². The third-order valence-electron chi connectivity index (χ3n) is 4.15. The first kappa shape index (κ1) is 12.9. The molecule has 2 fully saturated rings. The quantitative estimate of drug-likeness (QED) is 0.885. The third kappa shape index (κ3) is 3.66. The molecule has 2 unspecified atom stereocenters. The topological polar surface area (TPSA) is 47.0 Å². The van der Waals surface area contributed by atoms with Crippen molar-refractivity contribution in [3.05, 3.63) is 17.8 Å². The van der Waals surface area contributed by atoms with E-state index in [0.717, 1.165) is 18.7 Å². The summed E-state index contributed by atoms with van der Waals surface area (Å²) < 4.78 is 5.97. The molecule has 0 spiro atoms. The maximum Gasteiger partial charge on any atom is 0.233 e. The Kier molecular flexibility index (Phi) is 3.97. The van der Waals surface area contributed by atoms with E-state index in [1.165, 1.54) is 32.1 Å². The van der Waals surface area contributed by atoms with Crippen molar-refractivity contribution in [3.63, 3.8) is 0 Å². The molecular formula is C15H23N3O. The lowest BCUT2D eigenvalue weighted by Gasteiger charge is -2.28. The van der Waals surface area contributed by atoms with Crippen molar-refractivity contribution in [1.82, 2.24) is 15.5 Å². The van der Waals surface area contributed by atoms with Gasteiger partial charge < -0.3 is 10.1 Å². The van der Waals surface area contributed by atoms with E-state index in [4.69, 9.17) is 4.74 Å². The van der Waals surface area contributed by atoms with Gasteiger partial charge in [-0.3, -0.25) is 0 Å². The third-order valence-corrected chi connectivity index (χ3v) is 4.15. The highest BCUT2D eigenvalue weighted by Gasteiger charge is 2.23. The zero-order valence-electron chi connectivity index (χ0n) is 11.6. The zero-order chi connectivity index (χ0) is 13.1. The van der Waals surface area contributed by atoms with E-state index in [1.54, 1.807) is 0 Å². The summed E-state index contributed by atoms with van der Waals surface area (Å²) >= 11 is 0. The molecule has 1 N–H and O–H groups in total. The van der Waals surface area contributed by atoms with Crippen LogP contribution in [0.25, 0.3) is 0 Å². The van der Waals surface area contributed by atoms with Gasteiger partial charge in [0, 0.05) is 18.7 Å². The molecule has 0 aliphatic heterocycles. The van der Waals surface area contributed by atoms with Crippen LogP contribution in [0.1, 0.15) is 51.1 Å². The monoisotopic (exact) mass is 261 g/mol. The Hall–Kier alpha value is -1.16. The van der Waals surface area contributed by atoms with Gasteiger partial charge in [-0.15, -0.1) is 5.10 Å². The summed E-state index contributed by atoms with van der Waals surface area (Å²) in [5.74, 6) is 1.31. The van der Waals surface area contributed by atoms with Crippen LogP contribution in [0.15, 0.2) is 12.1 Å². The molecule has 2 saturated carbocycles. The molecule has 2 aliphatic carbocycles. The number of ether oxygens (including phenoxy) is 1. The number of hydrogen-bond acceptors (Lipinski definition) is 4. The average molecular weight is 261 g/mol. The van der Waals surface area contributed by atoms with Gasteiger partial charge in [-0.05, 0) is 44.1 Å². The fraction of sp³-hybridized carbons (Fsp3) is 0.733. The van der Waals surface area contributed by atoms with Crippen molar-refractivity contribution in [2.24, 2.45) is 5.92 Å². The molecule has 104 valence electrons. The van der Waals surface area contributed by atoms with Crippen molar-refractivity contribution < 1.29 is 4.74 Å². The fourth-order valence-electron chi connectivity index (χ4n) is 2.65. The number of rotatable bonds is 5. The van der Waals surface area contributed by atoms with E-state index in [1.807, 2.05) is 12.1 Å². The smallest absolute Gasteiger partial charge is 0.233 e. The van der Waals surface area contributed by atoms with E-state index < -0.39 is 0 Å². The molecule has 1 aromatic rings. The average Bonchev–Trinajstić information content (AvgIpc) is 3.25. The van der Waals surface area contributed by atoms with Crippen LogP contribution in [-0.2, 0) is 6.54 Å². The summed E-state index contributed by atoms with van der Waals surface area (Å²) in [6.07, 6.45) is 7.93. The molecular weight excluding hydrogens is 238 g/mol. The van der Waals surface area contributed by atoms with Gasteiger partial charge in [-0.2, -0.15) is 5.10 Å². The molecule has 1 aromatic heterocycles.